The van der Waals surface area contributed by atoms with Crippen LogP contribution in [0.5, 0.6) is 0 Å². The SMILES string of the molecule is NC(c1ccc(Br)cc1F)c1ccc(Cl)c2ccccc12. The molecule has 1 atom stereocenters. The van der Waals surface area contributed by atoms with Gasteiger partial charge in [-0.3, -0.25) is 0 Å². The van der Waals surface area contributed by atoms with E-state index in [1.165, 1.54) is 6.07 Å². The molecule has 106 valence electrons. The Morgan fingerprint density at radius 3 is 2.33 bits per heavy atom. The molecule has 0 spiro atoms. The highest BCUT2D eigenvalue weighted by Crippen LogP contribution is 2.33. The normalized spacial score (nSPS) is 12.6. The van der Waals surface area contributed by atoms with Crippen LogP contribution in [-0.4, -0.2) is 0 Å². The third kappa shape index (κ3) is 2.69. The number of hydrogen-bond acceptors (Lipinski definition) is 1. The van der Waals surface area contributed by atoms with Gasteiger partial charge in [0.2, 0.25) is 0 Å². The highest BCUT2D eigenvalue weighted by Gasteiger charge is 2.17. The topological polar surface area (TPSA) is 26.0 Å². The Balaban J connectivity index is 2.18. The van der Waals surface area contributed by atoms with Gasteiger partial charge in [-0.15, -0.1) is 0 Å². The minimum Gasteiger partial charge on any atom is -0.320 e. The lowest BCUT2D eigenvalue weighted by atomic mass is 9.94. The van der Waals surface area contributed by atoms with E-state index in [4.69, 9.17) is 17.3 Å². The first-order chi connectivity index (χ1) is 10.1. The maximum atomic E-state index is 14.1. The molecule has 0 fully saturated rings. The predicted octanol–water partition coefficient (Wildman–Crippen LogP) is 5.44. The van der Waals surface area contributed by atoms with Crippen LogP contribution in [0.1, 0.15) is 17.2 Å². The molecule has 0 bridgehead atoms. The molecule has 2 N–H and O–H groups in total. The van der Waals surface area contributed by atoms with Crippen LogP contribution in [0.3, 0.4) is 0 Å². The van der Waals surface area contributed by atoms with Gasteiger partial charge in [0.25, 0.3) is 0 Å². The minimum absolute atomic E-state index is 0.323. The average Bonchev–Trinajstić information content (AvgIpc) is 2.47. The summed E-state index contributed by atoms with van der Waals surface area (Å²) >= 11 is 9.46. The lowest BCUT2D eigenvalue weighted by Gasteiger charge is -2.17. The smallest absolute Gasteiger partial charge is 0.129 e. The first-order valence-electron chi connectivity index (χ1n) is 6.45. The summed E-state index contributed by atoms with van der Waals surface area (Å²) in [5.41, 5.74) is 7.61. The molecule has 0 aliphatic rings. The zero-order valence-electron chi connectivity index (χ0n) is 11.0. The number of hydrogen-bond donors (Lipinski definition) is 1. The maximum absolute atomic E-state index is 14.1. The Kier molecular flexibility index (Phi) is 3.98. The van der Waals surface area contributed by atoms with E-state index in [1.54, 1.807) is 18.2 Å². The molecule has 0 radical (unpaired) electrons. The second kappa shape index (κ2) is 5.76. The summed E-state index contributed by atoms with van der Waals surface area (Å²) in [6, 6.07) is 15.8. The molecule has 3 rings (SSSR count). The lowest BCUT2D eigenvalue weighted by Crippen LogP contribution is -2.14. The number of benzene rings is 3. The van der Waals surface area contributed by atoms with Gasteiger partial charge in [-0.05, 0) is 29.1 Å². The Hall–Kier alpha value is -1.42. The fourth-order valence-electron chi connectivity index (χ4n) is 2.48. The molecule has 0 saturated carbocycles. The average molecular weight is 365 g/mol. The van der Waals surface area contributed by atoms with Crippen molar-refractivity contribution < 1.29 is 4.39 Å². The zero-order valence-corrected chi connectivity index (χ0v) is 13.3. The van der Waals surface area contributed by atoms with E-state index in [0.29, 0.717) is 15.1 Å². The second-order valence-corrected chi connectivity index (χ2v) is 6.15. The van der Waals surface area contributed by atoms with Crippen molar-refractivity contribution in [3.05, 3.63) is 81.0 Å². The fourth-order valence-corrected chi connectivity index (χ4v) is 3.04. The highest BCUT2D eigenvalue weighted by atomic mass is 79.9. The Morgan fingerprint density at radius 2 is 1.62 bits per heavy atom. The Labute approximate surface area is 135 Å². The predicted molar refractivity (Wildman–Crippen MR) is 89.1 cm³/mol. The van der Waals surface area contributed by atoms with E-state index in [-0.39, 0.29) is 5.82 Å². The number of nitrogens with two attached hydrogens (primary N) is 1. The molecular weight excluding hydrogens is 353 g/mol. The van der Waals surface area contributed by atoms with E-state index < -0.39 is 6.04 Å². The highest BCUT2D eigenvalue weighted by molar-refractivity contribution is 9.10. The molecular formula is C17H12BrClFN. The molecule has 3 aromatic carbocycles. The first kappa shape index (κ1) is 14.5. The van der Waals surface area contributed by atoms with Gasteiger partial charge >= 0.3 is 0 Å². The maximum Gasteiger partial charge on any atom is 0.129 e. The van der Waals surface area contributed by atoms with Crippen LogP contribution < -0.4 is 5.73 Å². The van der Waals surface area contributed by atoms with Crippen molar-refractivity contribution in [1.82, 2.24) is 0 Å². The van der Waals surface area contributed by atoms with E-state index in [9.17, 15) is 4.39 Å². The zero-order chi connectivity index (χ0) is 15.0. The molecule has 3 aromatic rings. The van der Waals surface area contributed by atoms with Crippen LogP contribution >= 0.6 is 27.5 Å². The molecule has 0 aromatic heterocycles. The van der Waals surface area contributed by atoms with E-state index >= 15 is 0 Å². The molecule has 1 nitrogen and oxygen atoms in total. The summed E-state index contributed by atoms with van der Waals surface area (Å²) in [6.07, 6.45) is 0. The van der Waals surface area contributed by atoms with E-state index in [2.05, 4.69) is 15.9 Å². The lowest BCUT2D eigenvalue weighted by molar-refractivity contribution is 0.599. The van der Waals surface area contributed by atoms with Crippen molar-refractivity contribution in [3.63, 3.8) is 0 Å². The molecule has 0 heterocycles. The monoisotopic (exact) mass is 363 g/mol. The summed E-state index contributed by atoms with van der Waals surface area (Å²) in [5, 5.41) is 2.53. The van der Waals surface area contributed by atoms with Gasteiger partial charge in [-0.2, -0.15) is 0 Å². The van der Waals surface area contributed by atoms with Gasteiger partial charge in [-0.25, -0.2) is 4.39 Å². The third-order valence-corrected chi connectivity index (χ3v) is 4.36. The van der Waals surface area contributed by atoms with Gasteiger partial charge in [0, 0.05) is 20.4 Å². The summed E-state index contributed by atoms with van der Waals surface area (Å²) in [7, 11) is 0. The quantitative estimate of drug-likeness (QED) is 0.643. The molecule has 4 heteroatoms. The number of rotatable bonds is 2. The molecule has 0 aliphatic heterocycles. The Bertz CT molecular complexity index is 819. The van der Waals surface area contributed by atoms with Crippen LogP contribution in [-0.2, 0) is 0 Å². The van der Waals surface area contributed by atoms with Crippen molar-refractivity contribution in [1.29, 1.82) is 0 Å². The number of halogens is 3. The summed E-state index contributed by atoms with van der Waals surface area (Å²) in [6.45, 7) is 0. The minimum atomic E-state index is -0.541. The van der Waals surface area contributed by atoms with Crippen LogP contribution in [0.4, 0.5) is 4.39 Å². The summed E-state index contributed by atoms with van der Waals surface area (Å²) < 4.78 is 14.8. The van der Waals surface area contributed by atoms with Crippen molar-refractivity contribution in [2.75, 3.05) is 0 Å². The van der Waals surface area contributed by atoms with Crippen molar-refractivity contribution >= 4 is 38.3 Å². The number of fused-ring (bicyclic) bond motifs is 1. The first-order valence-corrected chi connectivity index (χ1v) is 7.62. The summed E-state index contributed by atoms with van der Waals surface area (Å²) in [4.78, 5) is 0. The van der Waals surface area contributed by atoms with Crippen molar-refractivity contribution in [3.8, 4) is 0 Å². The largest absolute Gasteiger partial charge is 0.320 e. The Morgan fingerprint density at radius 1 is 0.952 bits per heavy atom. The van der Waals surface area contributed by atoms with Gasteiger partial charge in [0.1, 0.15) is 5.82 Å². The molecule has 21 heavy (non-hydrogen) atoms. The fraction of sp³-hybridized carbons (Fsp3) is 0.0588. The van der Waals surface area contributed by atoms with Gasteiger partial charge < -0.3 is 5.73 Å². The van der Waals surface area contributed by atoms with Crippen LogP contribution in [0, 0.1) is 5.82 Å². The molecule has 1 unspecified atom stereocenters. The van der Waals surface area contributed by atoms with Gasteiger partial charge in [0.05, 0.1) is 6.04 Å². The van der Waals surface area contributed by atoms with Gasteiger partial charge in [0.15, 0.2) is 0 Å². The third-order valence-electron chi connectivity index (χ3n) is 3.54. The van der Waals surface area contributed by atoms with E-state index in [0.717, 1.165) is 16.3 Å². The van der Waals surface area contributed by atoms with Crippen molar-refractivity contribution in [2.24, 2.45) is 5.73 Å². The standard InChI is InChI=1S/C17H12BrClFN/c18-10-5-6-14(16(20)9-10)17(21)13-7-8-15(19)12-4-2-1-3-11(12)13/h1-9,17H,21H2. The van der Waals surface area contributed by atoms with Crippen LogP contribution in [0.25, 0.3) is 10.8 Å². The molecule has 0 aliphatic carbocycles. The van der Waals surface area contributed by atoms with Crippen LogP contribution in [0.2, 0.25) is 5.02 Å². The summed E-state index contributed by atoms with van der Waals surface area (Å²) in [5.74, 6) is -0.323. The van der Waals surface area contributed by atoms with Crippen molar-refractivity contribution in [2.45, 2.75) is 6.04 Å². The molecule has 0 amide bonds. The second-order valence-electron chi connectivity index (χ2n) is 4.83. The van der Waals surface area contributed by atoms with Gasteiger partial charge in [-0.1, -0.05) is 63.9 Å². The van der Waals surface area contributed by atoms with Crippen LogP contribution in [0.15, 0.2) is 59.1 Å². The van der Waals surface area contributed by atoms with E-state index in [1.807, 2.05) is 30.3 Å². The molecule has 0 saturated heterocycles.